The van der Waals surface area contributed by atoms with Gasteiger partial charge < -0.3 is 15.2 Å². The van der Waals surface area contributed by atoms with E-state index in [1.54, 1.807) is 30.4 Å². The van der Waals surface area contributed by atoms with Crippen LogP contribution in [0.2, 0.25) is 10.0 Å². The standard InChI is InChI=1S/C14H11Cl2NO4/c15-6-3-7(16)5-8(4-6)17-13(18)11-9-1-2-10(21-9)12(11)14(19)20/h1-5,9-12H,(H,17,18)(H,19,20)/t9-,10-,11+,12-/m0/s1. The molecule has 0 spiro atoms. The molecule has 3 rings (SSSR count). The zero-order valence-corrected chi connectivity index (χ0v) is 12.1. The molecule has 0 aromatic heterocycles. The molecule has 4 atom stereocenters. The Kier molecular flexibility index (Phi) is 3.65. The molecule has 5 nitrogen and oxygen atoms in total. The van der Waals surface area contributed by atoms with E-state index in [4.69, 9.17) is 27.9 Å². The molecule has 21 heavy (non-hydrogen) atoms. The van der Waals surface area contributed by atoms with Crippen LogP contribution in [0.3, 0.4) is 0 Å². The maximum absolute atomic E-state index is 12.4. The molecule has 1 fully saturated rings. The number of benzene rings is 1. The average molecular weight is 328 g/mol. The van der Waals surface area contributed by atoms with E-state index >= 15 is 0 Å². The van der Waals surface area contributed by atoms with Crippen molar-refractivity contribution in [3.05, 3.63) is 40.4 Å². The number of fused-ring (bicyclic) bond motifs is 2. The molecule has 2 heterocycles. The van der Waals surface area contributed by atoms with E-state index in [-0.39, 0.29) is 0 Å². The third-order valence-corrected chi connectivity index (χ3v) is 4.05. The number of amides is 1. The Morgan fingerprint density at radius 1 is 1.05 bits per heavy atom. The number of carboxylic acids is 1. The lowest BCUT2D eigenvalue weighted by molar-refractivity contribution is -0.145. The van der Waals surface area contributed by atoms with Gasteiger partial charge in [0.2, 0.25) is 5.91 Å². The highest BCUT2D eigenvalue weighted by atomic mass is 35.5. The molecule has 1 saturated heterocycles. The van der Waals surface area contributed by atoms with Gasteiger partial charge in [-0.1, -0.05) is 35.4 Å². The number of hydrogen-bond donors (Lipinski definition) is 2. The third-order valence-electron chi connectivity index (χ3n) is 3.62. The number of rotatable bonds is 3. The van der Waals surface area contributed by atoms with Crippen LogP contribution >= 0.6 is 23.2 Å². The van der Waals surface area contributed by atoms with Gasteiger partial charge in [-0.2, -0.15) is 0 Å². The normalized spacial score (nSPS) is 29.6. The highest BCUT2D eigenvalue weighted by molar-refractivity contribution is 6.35. The van der Waals surface area contributed by atoms with E-state index in [2.05, 4.69) is 5.32 Å². The predicted molar refractivity (Wildman–Crippen MR) is 77.5 cm³/mol. The number of hydrogen-bond acceptors (Lipinski definition) is 3. The van der Waals surface area contributed by atoms with Crippen molar-refractivity contribution in [1.29, 1.82) is 0 Å². The summed E-state index contributed by atoms with van der Waals surface area (Å²) in [5.74, 6) is -3.11. The largest absolute Gasteiger partial charge is 0.481 e. The van der Waals surface area contributed by atoms with Crippen LogP contribution in [0, 0.1) is 11.8 Å². The number of ether oxygens (including phenoxy) is 1. The van der Waals surface area contributed by atoms with Crippen LogP contribution in [0.4, 0.5) is 5.69 Å². The van der Waals surface area contributed by atoms with E-state index in [1.807, 2.05) is 0 Å². The minimum absolute atomic E-state index is 0.386. The van der Waals surface area contributed by atoms with E-state index in [0.29, 0.717) is 15.7 Å². The number of carbonyl (C=O) groups excluding carboxylic acids is 1. The van der Waals surface area contributed by atoms with E-state index in [0.717, 1.165) is 0 Å². The van der Waals surface area contributed by atoms with Gasteiger partial charge in [0.25, 0.3) is 0 Å². The summed E-state index contributed by atoms with van der Waals surface area (Å²) in [6, 6.07) is 4.64. The van der Waals surface area contributed by atoms with Crippen LogP contribution in [0.5, 0.6) is 0 Å². The van der Waals surface area contributed by atoms with Crippen LogP contribution in [-0.2, 0) is 14.3 Å². The van der Waals surface area contributed by atoms with Gasteiger partial charge in [-0.15, -0.1) is 0 Å². The number of nitrogens with one attached hydrogen (secondary N) is 1. The Labute approximate surface area is 130 Å². The fourth-order valence-electron chi connectivity index (χ4n) is 2.77. The molecule has 2 aliphatic heterocycles. The van der Waals surface area contributed by atoms with Gasteiger partial charge >= 0.3 is 5.97 Å². The molecule has 0 saturated carbocycles. The lowest BCUT2D eigenvalue weighted by Crippen LogP contribution is -2.39. The molecule has 2 bridgehead atoms. The Hall–Kier alpha value is -1.56. The Morgan fingerprint density at radius 2 is 1.62 bits per heavy atom. The molecule has 0 aliphatic carbocycles. The Balaban J connectivity index is 1.82. The molecule has 2 N–H and O–H groups in total. The Bertz CT molecular complexity index is 626. The number of carboxylic acid groups (broad SMARTS) is 1. The van der Waals surface area contributed by atoms with Crippen molar-refractivity contribution in [2.45, 2.75) is 12.2 Å². The van der Waals surface area contributed by atoms with Crippen molar-refractivity contribution in [2.75, 3.05) is 5.32 Å². The summed E-state index contributed by atoms with van der Waals surface area (Å²) in [5, 5.41) is 12.7. The quantitative estimate of drug-likeness (QED) is 0.836. The van der Waals surface area contributed by atoms with Crippen molar-refractivity contribution < 1.29 is 19.4 Å². The van der Waals surface area contributed by atoms with Gasteiger partial charge in [0.15, 0.2) is 0 Å². The summed E-state index contributed by atoms with van der Waals surface area (Å²) in [4.78, 5) is 23.7. The smallest absolute Gasteiger partial charge is 0.310 e. The zero-order valence-electron chi connectivity index (χ0n) is 10.6. The first-order chi connectivity index (χ1) is 9.95. The molecule has 1 amide bonds. The first-order valence-electron chi connectivity index (χ1n) is 6.29. The highest BCUT2D eigenvalue weighted by Gasteiger charge is 2.53. The Morgan fingerprint density at radius 3 is 2.19 bits per heavy atom. The minimum Gasteiger partial charge on any atom is -0.481 e. The van der Waals surface area contributed by atoms with E-state index in [9.17, 15) is 14.7 Å². The van der Waals surface area contributed by atoms with Crippen molar-refractivity contribution >= 4 is 40.8 Å². The van der Waals surface area contributed by atoms with Gasteiger partial charge in [-0.25, -0.2) is 0 Å². The second kappa shape index (κ2) is 5.33. The number of anilines is 1. The monoisotopic (exact) mass is 327 g/mol. The summed E-state index contributed by atoms with van der Waals surface area (Å²) >= 11 is 11.7. The molecule has 0 radical (unpaired) electrons. The van der Waals surface area contributed by atoms with Crippen molar-refractivity contribution in [3.63, 3.8) is 0 Å². The van der Waals surface area contributed by atoms with Gasteiger partial charge in [-0.3, -0.25) is 9.59 Å². The van der Waals surface area contributed by atoms with Crippen molar-refractivity contribution in [1.82, 2.24) is 0 Å². The minimum atomic E-state index is -1.05. The lowest BCUT2D eigenvalue weighted by Gasteiger charge is -2.21. The van der Waals surface area contributed by atoms with Gasteiger partial charge in [0.1, 0.15) is 5.92 Å². The van der Waals surface area contributed by atoms with Crippen LogP contribution < -0.4 is 5.32 Å². The summed E-state index contributed by atoms with van der Waals surface area (Å²) < 4.78 is 5.46. The third kappa shape index (κ3) is 2.64. The summed E-state index contributed by atoms with van der Waals surface area (Å²) in [6.07, 6.45) is 2.35. The zero-order chi connectivity index (χ0) is 15.1. The van der Waals surface area contributed by atoms with Gasteiger partial charge in [0.05, 0.1) is 18.1 Å². The average Bonchev–Trinajstić information content (AvgIpc) is 2.96. The molecule has 7 heteroatoms. The summed E-state index contributed by atoms with van der Waals surface area (Å²) in [5.41, 5.74) is 0.424. The fourth-order valence-corrected chi connectivity index (χ4v) is 3.29. The molecule has 2 aliphatic rings. The number of aliphatic carboxylic acids is 1. The van der Waals surface area contributed by atoms with Crippen LogP contribution in [0.25, 0.3) is 0 Å². The molecule has 0 unspecified atom stereocenters. The number of halogens is 2. The van der Waals surface area contributed by atoms with Crippen LogP contribution in [0.15, 0.2) is 30.4 Å². The lowest BCUT2D eigenvalue weighted by atomic mass is 9.82. The highest BCUT2D eigenvalue weighted by Crippen LogP contribution is 2.40. The van der Waals surface area contributed by atoms with Gasteiger partial charge in [-0.05, 0) is 18.2 Å². The second-order valence-electron chi connectivity index (χ2n) is 4.99. The maximum Gasteiger partial charge on any atom is 0.310 e. The maximum atomic E-state index is 12.4. The second-order valence-corrected chi connectivity index (χ2v) is 5.86. The summed E-state index contributed by atoms with van der Waals surface area (Å²) in [6.45, 7) is 0. The van der Waals surface area contributed by atoms with Crippen molar-refractivity contribution in [2.24, 2.45) is 11.8 Å². The topological polar surface area (TPSA) is 75.6 Å². The first-order valence-corrected chi connectivity index (χ1v) is 7.05. The molecular formula is C14H11Cl2NO4. The molecule has 110 valence electrons. The van der Waals surface area contributed by atoms with E-state index in [1.165, 1.54) is 0 Å². The van der Waals surface area contributed by atoms with Gasteiger partial charge in [0, 0.05) is 15.7 Å². The molecule has 1 aromatic rings. The molecular weight excluding hydrogens is 317 g/mol. The molecule has 1 aromatic carbocycles. The van der Waals surface area contributed by atoms with Crippen molar-refractivity contribution in [3.8, 4) is 0 Å². The summed E-state index contributed by atoms with van der Waals surface area (Å²) in [7, 11) is 0. The SMILES string of the molecule is O=C(O)[C@@H]1[C@H](C(=O)Nc2cc(Cl)cc(Cl)c2)[C@@H]2C=C[C@@H]1O2. The van der Waals surface area contributed by atoms with Crippen LogP contribution in [-0.4, -0.2) is 29.2 Å². The predicted octanol–water partition coefficient (Wildman–Crippen LogP) is 2.59. The number of carbonyl (C=O) groups is 2. The fraction of sp³-hybridized carbons (Fsp3) is 0.286. The van der Waals surface area contributed by atoms with Crippen LogP contribution in [0.1, 0.15) is 0 Å². The first kappa shape index (κ1) is 14.4. The van der Waals surface area contributed by atoms with E-state index < -0.39 is 35.9 Å².